The third-order valence-electron chi connectivity index (χ3n) is 6.97. The highest BCUT2D eigenvalue weighted by Gasteiger charge is 2.51. The Kier molecular flexibility index (Phi) is 3.91. The maximum absolute atomic E-state index is 6.48. The lowest BCUT2D eigenvalue weighted by Gasteiger charge is -2.32. The molecule has 4 aromatic carbocycles. The van der Waals surface area contributed by atoms with Crippen LogP contribution in [0.4, 0.5) is 0 Å². The first kappa shape index (κ1) is 18.4. The van der Waals surface area contributed by atoms with E-state index in [0.29, 0.717) is 0 Å². The molecule has 0 N–H and O–H groups in total. The van der Waals surface area contributed by atoms with Gasteiger partial charge in [-0.2, -0.15) is 0 Å². The Bertz CT molecular complexity index is 1470. The Balaban J connectivity index is 1.86. The molecule has 0 nitrogen and oxygen atoms in total. The van der Waals surface area contributed by atoms with Crippen molar-refractivity contribution in [2.45, 2.75) is 12.3 Å². The monoisotopic (exact) mass is 416 g/mol. The van der Waals surface area contributed by atoms with Crippen LogP contribution >= 0.6 is 11.6 Å². The van der Waals surface area contributed by atoms with Gasteiger partial charge in [0.1, 0.15) is 0 Å². The van der Waals surface area contributed by atoms with Crippen molar-refractivity contribution in [1.82, 2.24) is 0 Å². The fraction of sp³-hybridized carbons (Fsp3) is 0.0667. The second-order valence-electron chi connectivity index (χ2n) is 8.33. The predicted molar refractivity (Wildman–Crippen MR) is 133 cm³/mol. The normalized spacial score (nSPS) is 18.6. The Morgan fingerprint density at radius 3 is 2.45 bits per heavy atom. The molecule has 0 saturated heterocycles. The molecular formula is C30H21Cl. The van der Waals surface area contributed by atoms with E-state index in [-0.39, 0.29) is 5.41 Å². The van der Waals surface area contributed by atoms with Crippen molar-refractivity contribution in [2.24, 2.45) is 0 Å². The first-order valence-corrected chi connectivity index (χ1v) is 11.0. The second kappa shape index (κ2) is 6.57. The van der Waals surface area contributed by atoms with Gasteiger partial charge in [-0.1, -0.05) is 103 Å². The zero-order valence-electron chi connectivity index (χ0n) is 17.3. The highest BCUT2D eigenvalue weighted by molar-refractivity contribution is 6.31. The van der Waals surface area contributed by atoms with E-state index in [9.17, 15) is 0 Å². The van der Waals surface area contributed by atoms with Crippen molar-refractivity contribution >= 4 is 27.9 Å². The van der Waals surface area contributed by atoms with Crippen LogP contribution in [0.1, 0.15) is 29.2 Å². The van der Waals surface area contributed by atoms with Gasteiger partial charge in [-0.05, 0) is 74.4 Å². The van der Waals surface area contributed by atoms with Crippen LogP contribution in [0.3, 0.4) is 0 Å². The van der Waals surface area contributed by atoms with Crippen LogP contribution in [-0.2, 0) is 5.41 Å². The standard InChI is InChI=1S/C30H21Cl/c1-3-4-10-22-19(2)30(29-23-11-6-5-9-20(23)14-16-25(22)29)27-13-8-7-12-24(27)26-18-21(31)15-17-28(26)30/h3-18H,1H2,2H3/b10-4-. The summed E-state index contributed by atoms with van der Waals surface area (Å²) in [4.78, 5) is 0. The van der Waals surface area contributed by atoms with Crippen LogP contribution in [0.2, 0.25) is 5.02 Å². The molecule has 0 aromatic heterocycles. The average molecular weight is 417 g/mol. The molecule has 1 heteroatoms. The number of fused-ring (bicyclic) bond motifs is 9. The fourth-order valence-corrected chi connectivity index (χ4v) is 5.97. The minimum atomic E-state index is -0.326. The Morgan fingerprint density at radius 1 is 0.806 bits per heavy atom. The number of allylic oxidation sites excluding steroid dienone is 5. The molecule has 1 unspecified atom stereocenters. The predicted octanol–water partition coefficient (Wildman–Crippen LogP) is 8.34. The number of hydrogen-bond donors (Lipinski definition) is 0. The van der Waals surface area contributed by atoms with Crippen LogP contribution in [0.5, 0.6) is 0 Å². The Hall–Kier alpha value is -3.35. The molecule has 0 aliphatic heterocycles. The summed E-state index contributed by atoms with van der Waals surface area (Å²) in [6, 6.07) is 28.5. The smallest absolute Gasteiger partial charge is 0.0691 e. The lowest BCUT2D eigenvalue weighted by atomic mass is 9.69. The molecule has 0 bridgehead atoms. The largest absolute Gasteiger partial charge is 0.0991 e. The molecule has 31 heavy (non-hydrogen) atoms. The van der Waals surface area contributed by atoms with E-state index >= 15 is 0 Å². The van der Waals surface area contributed by atoms with Crippen LogP contribution < -0.4 is 0 Å². The summed E-state index contributed by atoms with van der Waals surface area (Å²) < 4.78 is 0. The molecule has 4 aromatic rings. The van der Waals surface area contributed by atoms with Crippen LogP contribution in [0, 0.1) is 0 Å². The van der Waals surface area contributed by atoms with Crippen molar-refractivity contribution in [3.05, 3.63) is 137 Å². The molecule has 1 spiro atoms. The molecule has 0 saturated carbocycles. The van der Waals surface area contributed by atoms with Gasteiger partial charge < -0.3 is 0 Å². The van der Waals surface area contributed by atoms with Gasteiger partial charge in [0, 0.05) is 5.02 Å². The van der Waals surface area contributed by atoms with Gasteiger partial charge in [0.25, 0.3) is 0 Å². The molecule has 0 amide bonds. The molecule has 2 aliphatic rings. The lowest BCUT2D eigenvalue weighted by Crippen LogP contribution is -2.26. The SMILES string of the molecule is C=C/C=C\C1=C(C)C2(c3ccccc3-c3cc(Cl)ccc32)c2c1ccc1ccccc21. The van der Waals surface area contributed by atoms with E-state index in [2.05, 4.69) is 92.4 Å². The average Bonchev–Trinajstić information content (AvgIpc) is 3.23. The molecule has 6 rings (SSSR count). The summed E-state index contributed by atoms with van der Waals surface area (Å²) in [5.41, 5.74) is 10.1. The number of rotatable bonds is 2. The zero-order valence-corrected chi connectivity index (χ0v) is 18.1. The molecule has 148 valence electrons. The van der Waals surface area contributed by atoms with E-state index in [1.807, 2.05) is 18.2 Å². The number of hydrogen-bond acceptors (Lipinski definition) is 0. The lowest BCUT2D eigenvalue weighted by molar-refractivity contribution is 0.774. The Morgan fingerprint density at radius 2 is 1.58 bits per heavy atom. The molecule has 0 radical (unpaired) electrons. The fourth-order valence-electron chi connectivity index (χ4n) is 5.80. The van der Waals surface area contributed by atoms with Crippen molar-refractivity contribution < 1.29 is 0 Å². The first-order chi connectivity index (χ1) is 15.2. The quantitative estimate of drug-likeness (QED) is 0.288. The number of halogens is 1. The third-order valence-corrected chi connectivity index (χ3v) is 7.20. The van der Waals surface area contributed by atoms with Gasteiger partial charge in [-0.3, -0.25) is 0 Å². The maximum atomic E-state index is 6.48. The minimum Gasteiger partial charge on any atom is -0.0991 e. The summed E-state index contributed by atoms with van der Waals surface area (Å²) in [6.45, 7) is 6.19. The minimum absolute atomic E-state index is 0.326. The van der Waals surface area contributed by atoms with Gasteiger partial charge in [-0.25, -0.2) is 0 Å². The van der Waals surface area contributed by atoms with Gasteiger partial charge in [-0.15, -0.1) is 0 Å². The van der Waals surface area contributed by atoms with Crippen molar-refractivity contribution in [3.8, 4) is 11.1 Å². The van der Waals surface area contributed by atoms with E-state index in [1.54, 1.807) is 0 Å². The van der Waals surface area contributed by atoms with Crippen LogP contribution in [-0.4, -0.2) is 0 Å². The molecular weight excluding hydrogens is 396 g/mol. The van der Waals surface area contributed by atoms with Gasteiger partial charge >= 0.3 is 0 Å². The molecule has 0 fully saturated rings. The van der Waals surface area contributed by atoms with Crippen molar-refractivity contribution in [2.75, 3.05) is 0 Å². The van der Waals surface area contributed by atoms with Gasteiger partial charge in [0.15, 0.2) is 0 Å². The number of benzene rings is 4. The summed E-state index contributed by atoms with van der Waals surface area (Å²) in [6.07, 6.45) is 6.10. The molecule has 1 atom stereocenters. The van der Waals surface area contributed by atoms with Crippen LogP contribution in [0.15, 0.2) is 109 Å². The second-order valence-corrected chi connectivity index (χ2v) is 8.76. The highest BCUT2D eigenvalue weighted by atomic mass is 35.5. The highest BCUT2D eigenvalue weighted by Crippen LogP contribution is 2.63. The van der Waals surface area contributed by atoms with Crippen molar-refractivity contribution in [1.29, 1.82) is 0 Å². The maximum Gasteiger partial charge on any atom is 0.0691 e. The summed E-state index contributed by atoms with van der Waals surface area (Å²) in [7, 11) is 0. The Labute approximate surface area is 187 Å². The molecule has 2 aliphatic carbocycles. The van der Waals surface area contributed by atoms with E-state index < -0.39 is 0 Å². The molecule has 0 heterocycles. The van der Waals surface area contributed by atoms with Gasteiger partial charge in [0.2, 0.25) is 0 Å². The van der Waals surface area contributed by atoms with E-state index in [0.717, 1.165) is 5.02 Å². The van der Waals surface area contributed by atoms with Crippen LogP contribution in [0.25, 0.3) is 27.5 Å². The van der Waals surface area contributed by atoms with E-state index in [1.165, 1.54) is 55.3 Å². The van der Waals surface area contributed by atoms with Crippen molar-refractivity contribution in [3.63, 3.8) is 0 Å². The van der Waals surface area contributed by atoms with E-state index in [4.69, 9.17) is 11.6 Å². The summed E-state index contributed by atoms with van der Waals surface area (Å²) >= 11 is 6.48. The topological polar surface area (TPSA) is 0 Å². The summed E-state index contributed by atoms with van der Waals surface area (Å²) in [5.74, 6) is 0. The van der Waals surface area contributed by atoms with Gasteiger partial charge in [0.05, 0.1) is 5.41 Å². The zero-order chi connectivity index (χ0) is 21.2. The summed E-state index contributed by atoms with van der Waals surface area (Å²) in [5, 5.41) is 3.34. The first-order valence-electron chi connectivity index (χ1n) is 10.6. The third kappa shape index (κ3) is 2.26.